The number of fused-ring (bicyclic) bond motifs is 1. The Kier molecular flexibility index (Phi) is 4.87. The minimum atomic E-state index is -0.672. The molecule has 0 amide bonds. The summed E-state index contributed by atoms with van der Waals surface area (Å²) in [6.45, 7) is 5.36. The second-order valence-corrected chi connectivity index (χ2v) is 7.08. The summed E-state index contributed by atoms with van der Waals surface area (Å²) in [7, 11) is 0. The monoisotopic (exact) mass is 382 g/mol. The van der Waals surface area contributed by atoms with E-state index < -0.39 is 22.6 Å². The topological polar surface area (TPSA) is 101 Å². The number of rotatable bonds is 3. The molecule has 28 heavy (non-hydrogen) atoms. The Labute approximate surface area is 160 Å². The summed E-state index contributed by atoms with van der Waals surface area (Å²) in [6.07, 6.45) is 0.853. The minimum absolute atomic E-state index is 0.0964. The second kappa shape index (κ2) is 7.15. The lowest BCUT2D eigenvalue weighted by atomic mass is 10.1. The smallest absolute Gasteiger partial charge is 0.423 e. The van der Waals surface area contributed by atoms with Crippen molar-refractivity contribution in [2.45, 2.75) is 26.4 Å². The number of esters is 1. The van der Waals surface area contributed by atoms with Gasteiger partial charge >= 0.3 is 12.1 Å². The third kappa shape index (κ3) is 4.17. The summed E-state index contributed by atoms with van der Waals surface area (Å²) in [5.74, 6) is -0.265. The van der Waals surface area contributed by atoms with Crippen LogP contribution in [0.5, 0.6) is 5.75 Å². The van der Waals surface area contributed by atoms with Crippen molar-refractivity contribution in [2.75, 3.05) is 0 Å². The molecule has 0 bridgehead atoms. The highest BCUT2D eigenvalue weighted by molar-refractivity contribution is 5.97. The number of non-ortho nitro benzene ring substituents is 1. The first kappa shape index (κ1) is 19.1. The summed E-state index contributed by atoms with van der Waals surface area (Å²) in [5.41, 5.74) is 0.232. The number of carbonyl (C=O) groups excluding carboxylic acids is 2. The second-order valence-electron chi connectivity index (χ2n) is 7.08. The molecule has 0 spiro atoms. The van der Waals surface area contributed by atoms with E-state index >= 15 is 0 Å². The summed E-state index contributed by atoms with van der Waals surface area (Å²) in [6, 6.07) is 11.7. The normalized spacial score (nSPS) is 11.2. The Morgan fingerprint density at radius 1 is 1.04 bits per heavy atom. The Morgan fingerprint density at radius 2 is 1.71 bits per heavy atom. The maximum Gasteiger partial charge on any atom is 0.423 e. The Balaban J connectivity index is 1.80. The van der Waals surface area contributed by atoms with Crippen LogP contribution in [0.3, 0.4) is 0 Å². The van der Waals surface area contributed by atoms with Crippen LogP contribution in [0.25, 0.3) is 10.9 Å². The fourth-order valence-electron chi connectivity index (χ4n) is 2.55. The van der Waals surface area contributed by atoms with Gasteiger partial charge in [-0.05, 0) is 57.2 Å². The number of carbonyl (C=O) groups is 2. The number of nitrogens with zero attached hydrogens (tertiary/aromatic N) is 2. The fraction of sp³-hybridized carbons (Fsp3) is 0.200. The molecule has 3 aromatic rings. The maximum atomic E-state index is 12.4. The minimum Gasteiger partial charge on any atom is -0.456 e. The van der Waals surface area contributed by atoms with Crippen molar-refractivity contribution in [1.82, 2.24) is 4.57 Å². The first-order valence-electron chi connectivity index (χ1n) is 8.45. The molecule has 0 atom stereocenters. The summed E-state index contributed by atoms with van der Waals surface area (Å²) >= 11 is 0. The van der Waals surface area contributed by atoms with Crippen LogP contribution in [0.2, 0.25) is 0 Å². The van der Waals surface area contributed by atoms with Crippen LogP contribution in [0.15, 0.2) is 54.7 Å². The molecular weight excluding hydrogens is 364 g/mol. The molecule has 0 aliphatic rings. The largest absolute Gasteiger partial charge is 0.456 e. The van der Waals surface area contributed by atoms with Crippen molar-refractivity contribution in [3.8, 4) is 5.75 Å². The molecule has 0 saturated carbocycles. The van der Waals surface area contributed by atoms with Crippen molar-refractivity contribution in [3.05, 3.63) is 70.4 Å². The SMILES string of the molecule is CC(C)(C)OC(=O)c1ccc2c(ccn2C(=O)Oc2ccc([N+](=O)[O-])cc2)c1. The lowest BCUT2D eigenvalue weighted by Crippen LogP contribution is -2.23. The summed E-state index contributed by atoms with van der Waals surface area (Å²) < 4.78 is 11.9. The molecule has 0 aliphatic heterocycles. The molecule has 8 nitrogen and oxygen atoms in total. The van der Waals surface area contributed by atoms with Crippen molar-refractivity contribution in [2.24, 2.45) is 0 Å². The molecule has 0 unspecified atom stereocenters. The molecule has 0 radical (unpaired) electrons. The van der Waals surface area contributed by atoms with Gasteiger partial charge in [-0.25, -0.2) is 9.59 Å². The number of ether oxygens (including phenoxy) is 2. The van der Waals surface area contributed by atoms with E-state index in [0.29, 0.717) is 16.5 Å². The first-order valence-corrected chi connectivity index (χ1v) is 8.45. The predicted molar refractivity (Wildman–Crippen MR) is 102 cm³/mol. The van der Waals surface area contributed by atoms with Gasteiger partial charge in [-0.2, -0.15) is 0 Å². The number of hydrogen-bond acceptors (Lipinski definition) is 6. The number of aromatic nitrogens is 1. The van der Waals surface area contributed by atoms with Gasteiger partial charge in [-0.1, -0.05) is 0 Å². The van der Waals surface area contributed by atoms with Gasteiger partial charge in [0.15, 0.2) is 0 Å². The number of benzene rings is 2. The van der Waals surface area contributed by atoms with E-state index in [0.717, 1.165) is 0 Å². The zero-order valence-corrected chi connectivity index (χ0v) is 15.5. The highest BCUT2D eigenvalue weighted by Crippen LogP contribution is 2.22. The molecule has 2 aromatic carbocycles. The third-order valence-corrected chi connectivity index (χ3v) is 3.77. The zero-order chi connectivity index (χ0) is 20.5. The van der Waals surface area contributed by atoms with Crippen molar-refractivity contribution >= 4 is 28.7 Å². The van der Waals surface area contributed by atoms with Crippen LogP contribution in [0, 0.1) is 10.1 Å². The van der Waals surface area contributed by atoms with Gasteiger partial charge in [0.05, 0.1) is 16.0 Å². The van der Waals surface area contributed by atoms with E-state index in [1.54, 1.807) is 45.0 Å². The molecule has 8 heteroatoms. The molecule has 0 saturated heterocycles. The molecule has 3 rings (SSSR count). The van der Waals surface area contributed by atoms with E-state index in [2.05, 4.69) is 0 Å². The molecule has 1 heterocycles. The highest BCUT2D eigenvalue weighted by Gasteiger charge is 2.19. The molecule has 0 N–H and O–H groups in total. The Hall–Kier alpha value is -3.68. The van der Waals surface area contributed by atoms with Crippen LogP contribution in [-0.4, -0.2) is 27.2 Å². The number of nitro benzene ring substituents is 1. The quantitative estimate of drug-likeness (QED) is 0.374. The molecule has 1 aromatic heterocycles. The summed E-state index contributed by atoms with van der Waals surface area (Å²) in [5, 5.41) is 11.4. The van der Waals surface area contributed by atoms with Crippen LogP contribution in [0.4, 0.5) is 10.5 Å². The molecule has 0 aliphatic carbocycles. The van der Waals surface area contributed by atoms with Crippen LogP contribution >= 0.6 is 0 Å². The van der Waals surface area contributed by atoms with E-state index in [1.807, 2.05) is 0 Å². The highest BCUT2D eigenvalue weighted by atomic mass is 16.6. The van der Waals surface area contributed by atoms with Crippen molar-refractivity contribution in [1.29, 1.82) is 0 Å². The van der Waals surface area contributed by atoms with Crippen LogP contribution in [0.1, 0.15) is 31.1 Å². The van der Waals surface area contributed by atoms with Gasteiger partial charge < -0.3 is 9.47 Å². The van der Waals surface area contributed by atoms with Gasteiger partial charge in [0.25, 0.3) is 5.69 Å². The number of hydrogen-bond donors (Lipinski definition) is 0. The average Bonchev–Trinajstić information content (AvgIpc) is 3.04. The van der Waals surface area contributed by atoms with Gasteiger partial charge in [-0.3, -0.25) is 14.7 Å². The van der Waals surface area contributed by atoms with Gasteiger partial charge in [0.1, 0.15) is 11.4 Å². The van der Waals surface area contributed by atoms with Crippen LogP contribution < -0.4 is 4.74 Å². The predicted octanol–water partition coefficient (Wildman–Crippen LogP) is 4.55. The lowest BCUT2D eigenvalue weighted by Gasteiger charge is -2.19. The van der Waals surface area contributed by atoms with E-state index in [1.165, 1.54) is 35.0 Å². The third-order valence-electron chi connectivity index (χ3n) is 3.77. The van der Waals surface area contributed by atoms with E-state index in [9.17, 15) is 19.7 Å². The Bertz CT molecular complexity index is 1060. The molecule has 0 fully saturated rings. The Morgan fingerprint density at radius 3 is 2.32 bits per heavy atom. The fourth-order valence-corrected chi connectivity index (χ4v) is 2.55. The van der Waals surface area contributed by atoms with Crippen LogP contribution in [-0.2, 0) is 4.74 Å². The van der Waals surface area contributed by atoms with E-state index in [-0.39, 0.29) is 11.4 Å². The number of nitro groups is 1. The summed E-state index contributed by atoms with van der Waals surface area (Å²) in [4.78, 5) is 34.8. The van der Waals surface area contributed by atoms with Gasteiger partial charge in [0.2, 0.25) is 0 Å². The maximum absolute atomic E-state index is 12.4. The van der Waals surface area contributed by atoms with Gasteiger partial charge in [-0.15, -0.1) is 0 Å². The van der Waals surface area contributed by atoms with Gasteiger partial charge in [0, 0.05) is 23.7 Å². The van der Waals surface area contributed by atoms with Crippen molar-refractivity contribution < 1.29 is 24.0 Å². The standard InChI is InChI=1S/C20H18N2O6/c1-20(2,3)28-18(23)14-4-9-17-13(12-14)10-11-21(17)19(24)27-16-7-5-15(6-8-16)22(25)26/h4-12H,1-3H3. The zero-order valence-electron chi connectivity index (χ0n) is 15.5. The lowest BCUT2D eigenvalue weighted by molar-refractivity contribution is -0.384. The van der Waals surface area contributed by atoms with Crippen molar-refractivity contribution in [3.63, 3.8) is 0 Å². The molecular formula is C20H18N2O6. The first-order chi connectivity index (χ1) is 13.1. The van der Waals surface area contributed by atoms with E-state index in [4.69, 9.17) is 9.47 Å². The molecule has 144 valence electrons. The average molecular weight is 382 g/mol.